The van der Waals surface area contributed by atoms with E-state index in [9.17, 15) is 22.4 Å². The topological polar surface area (TPSA) is 95.1 Å². The highest BCUT2D eigenvalue weighted by molar-refractivity contribution is 6.31. The second kappa shape index (κ2) is 8.38. The molecule has 11 heteroatoms. The number of hydrogen-bond acceptors (Lipinski definition) is 3. The number of rotatable bonds is 3. The Bertz CT molecular complexity index is 819. The minimum Gasteiger partial charge on any atom is -0.475 e. The highest BCUT2D eigenvalue weighted by atomic mass is 35.5. The standard InChI is InChI=1S/C14H13ClFN3O.C2HF3O2/c15-13(16)14(20)17-9-6-4-8(5-7-9)12-10-2-1-3-11(10)18-19-12;3-2(4,5)1(6)7/h4-7,13H,1-3H2,(H,17,20)(H,18,19);(H,6,7). The molecule has 0 fully saturated rings. The van der Waals surface area contributed by atoms with Crippen molar-refractivity contribution in [3.8, 4) is 11.3 Å². The van der Waals surface area contributed by atoms with Crippen LogP contribution in [-0.2, 0) is 22.4 Å². The summed E-state index contributed by atoms with van der Waals surface area (Å²) in [4.78, 5) is 20.0. The van der Waals surface area contributed by atoms with Crippen LogP contribution < -0.4 is 5.32 Å². The van der Waals surface area contributed by atoms with Gasteiger partial charge in [-0.15, -0.1) is 0 Å². The van der Waals surface area contributed by atoms with Crippen molar-refractivity contribution in [2.45, 2.75) is 31.1 Å². The number of hydrogen-bond donors (Lipinski definition) is 3. The van der Waals surface area contributed by atoms with Crippen LogP contribution in [0.4, 0.5) is 23.2 Å². The van der Waals surface area contributed by atoms with Crippen molar-refractivity contribution >= 4 is 29.2 Å². The number of aromatic nitrogens is 2. The van der Waals surface area contributed by atoms with Gasteiger partial charge >= 0.3 is 12.1 Å². The number of anilines is 1. The quantitative estimate of drug-likeness (QED) is 0.534. The fourth-order valence-corrected chi connectivity index (χ4v) is 2.52. The molecule has 0 saturated heterocycles. The fourth-order valence-electron chi connectivity index (χ4n) is 2.47. The monoisotopic (exact) mass is 407 g/mol. The highest BCUT2D eigenvalue weighted by Crippen LogP contribution is 2.30. The molecule has 3 rings (SSSR count). The van der Waals surface area contributed by atoms with Crippen LogP contribution in [0.1, 0.15) is 17.7 Å². The van der Waals surface area contributed by atoms with E-state index < -0.39 is 23.7 Å². The number of H-pyrrole nitrogens is 1. The zero-order valence-corrected chi connectivity index (χ0v) is 14.4. The second-order valence-corrected chi connectivity index (χ2v) is 5.94. The van der Waals surface area contributed by atoms with Gasteiger partial charge < -0.3 is 10.4 Å². The van der Waals surface area contributed by atoms with Crippen molar-refractivity contribution in [1.82, 2.24) is 10.2 Å². The van der Waals surface area contributed by atoms with Gasteiger partial charge in [0.05, 0.1) is 5.69 Å². The van der Waals surface area contributed by atoms with E-state index >= 15 is 0 Å². The molecule has 2 aromatic rings. The Balaban J connectivity index is 0.000000321. The van der Waals surface area contributed by atoms with Gasteiger partial charge in [-0.05, 0) is 31.4 Å². The number of halogens is 5. The Labute approximate surface area is 155 Å². The molecule has 6 nitrogen and oxygen atoms in total. The number of alkyl halides is 5. The molecule has 1 heterocycles. The van der Waals surface area contributed by atoms with Gasteiger partial charge in [-0.2, -0.15) is 18.3 Å². The van der Waals surface area contributed by atoms with Crippen molar-refractivity contribution < 1.29 is 32.3 Å². The molecule has 3 N–H and O–H groups in total. The lowest BCUT2D eigenvalue weighted by molar-refractivity contribution is -0.192. The van der Waals surface area contributed by atoms with Gasteiger partial charge in [-0.25, -0.2) is 9.18 Å². The van der Waals surface area contributed by atoms with Crippen LogP contribution in [0.25, 0.3) is 11.3 Å². The number of carboxylic acids is 1. The van der Waals surface area contributed by atoms with Gasteiger partial charge in [0, 0.05) is 22.5 Å². The maximum atomic E-state index is 12.6. The molecule has 1 aromatic heterocycles. The molecule has 0 aliphatic heterocycles. The minimum atomic E-state index is -5.08. The van der Waals surface area contributed by atoms with E-state index in [4.69, 9.17) is 21.5 Å². The first-order valence-electron chi connectivity index (χ1n) is 7.65. The maximum Gasteiger partial charge on any atom is 0.490 e. The number of carboxylic acid groups (broad SMARTS) is 1. The number of aliphatic carboxylic acids is 1. The van der Waals surface area contributed by atoms with Crippen molar-refractivity contribution in [2.75, 3.05) is 5.32 Å². The van der Waals surface area contributed by atoms with Crippen molar-refractivity contribution in [3.63, 3.8) is 0 Å². The van der Waals surface area contributed by atoms with Gasteiger partial charge in [0.2, 0.25) is 0 Å². The Morgan fingerprint density at radius 2 is 1.81 bits per heavy atom. The van der Waals surface area contributed by atoms with E-state index in [-0.39, 0.29) is 0 Å². The zero-order valence-electron chi connectivity index (χ0n) is 13.6. The van der Waals surface area contributed by atoms with E-state index in [1.165, 1.54) is 11.3 Å². The molecule has 1 amide bonds. The van der Waals surface area contributed by atoms with Gasteiger partial charge in [0.25, 0.3) is 11.5 Å². The number of benzene rings is 1. The van der Waals surface area contributed by atoms with Crippen LogP contribution in [0.5, 0.6) is 0 Å². The number of amides is 1. The first-order chi connectivity index (χ1) is 12.6. The first kappa shape index (κ1) is 20.7. The van der Waals surface area contributed by atoms with Crippen LogP contribution in [0.15, 0.2) is 24.3 Å². The number of fused-ring (bicyclic) bond motifs is 1. The number of carbonyl (C=O) groups excluding carboxylic acids is 1. The summed E-state index contributed by atoms with van der Waals surface area (Å²) in [6.45, 7) is 0. The molecule has 1 atom stereocenters. The molecule has 0 radical (unpaired) electrons. The Hall–Kier alpha value is -2.62. The molecule has 1 aromatic carbocycles. The molecule has 0 spiro atoms. The average Bonchev–Trinajstić information content (AvgIpc) is 3.18. The zero-order chi connectivity index (χ0) is 20.2. The number of nitrogens with one attached hydrogen (secondary N) is 2. The van der Waals surface area contributed by atoms with E-state index in [0.717, 1.165) is 30.5 Å². The number of aryl methyl sites for hydroxylation is 1. The predicted octanol–water partition coefficient (Wildman–Crippen LogP) is 3.67. The Morgan fingerprint density at radius 1 is 1.22 bits per heavy atom. The third kappa shape index (κ3) is 5.43. The van der Waals surface area contributed by atoms with Gasteiger partial charge in [0.15, 0.2) is 0 Å². The normalized spacial score (nSPS) is 14.0. The molecule has 146 valence electrons. The Morgan fingerprint density at radius 3 is 2.33 bits per heavy atom. The van der Waals surface area contributed by atoms with Crippen LogP contribution in [0, 0.1) is 0 Å². The highest BCUT2D eigenvalue weighted by Gasteiger charge is 2.38. The van der Waals surface area contributed by atoms with Crippen LogP contribution in [-0.4, -0.2) is 39.0 Å². The van der Waals surface area contributed by atoms with E-state index in [2.05, 4.69) is 15.5 Å². The smallest absolute Gasteiger partial charge is 0.475 e. The molecule has 0 saturated carbocycles. The second-order valence-electron chi connectivity index (χ2n) is 5.55. The summed E-state index contributed by atoms with van der Waals surface area (Å²) in [5, 5.41) is 16.9. The molecular weight excluding hydrogens is 394 g/mol. The van der Waals surface area contributed by atoms with Crippen LogP contribution in [0.3, 0.4) is 0 Å². The fraction of sp³-hybridized carbons (Fsp3) is 0.312. The van der Waals surface area contributed by atoms with Gasteiger partial charge in [-0.3, -0.25) is 9.89 Å². The SMILES string of the molecule is O=C(Nc1ccc(-c2n[nH]c3c2CCC3)cc1)C(F)Cl.O=C(O)C(F)(F)F. The van der Waals surface area contributed by atoms with Gasteiger partial charge in [0.1, 0.15) is 0 Å². The van der Waals surface area contributed by atoms with Crippen molar-refractivity contribution in [2.24, 2.45) is 0 Å². The molecular formula is C16H14ClF4N3O3. The van der Waals surface area contributed by atoms with Gasteiger partial charge in [-0.1, -0.05) is 23.7 Å². The Kier molecular flexibility index (Phi) is 6.42. The van der Waals surface area contributed by atoms with E-state index in [1.807, 2.05) is 12.1 Å². The lowest BCUT2D eigenvalue weighted by atomic mass is 10.1. The summed E-state index contributed by atoms with van der Waals surface area (Å²) in [5.74, 6) is -3.62. The molecule has 1 unspecified atom stereocenters. The van der Waals surface area contributed by atoms with Crippen molar-refractivity contribution in [1.29, 1.82) is 0 Å². The lowest BCUT2D eigenvalue weighted by Gasteiger charge is -2.06. The average molecular weight is 408 g/mol. The summed E-state index contributed by atoms with van der Waals surface area (Å²) in [7, 11) is 0. The third-order valence-corrected chi connectivity index (χ3v) is 3.87. The summed E-state index contributed by atoms with van der Waals surface area (Å²) < 4.78 is 44.3. The number of carbonyl (C=O) groups is 2. The largest absolute Gasteiger partial charge is 0.490 e. The molecule has 27 heavy (non-hydrogen) atoms. The summed E-state index contributed by atoms with van der Waals surface area (Å²) in [6, 6.07) is 7.13. The maximum absolute atomic E-state index is 12.6. The lowest BCUT2D eigenvalue weighted by Crippen LogP contribution is -2.21. The number of aromatic amines is 1. The van der Waals surface area contributed by atoms with Crippen LogP contribution in [0.2, 0.25) is 0 Å². The summed E-state index contributed by atoms with van der Waals surface area (Å²) in [6.07, 6.45) is -1.85. The summed E-state index contributed by atoms with van der Waals surface area (Å²) >= 11 is 5.06. The molecule has 1 aliphatic carbocycles. The minimum absolute atomic E-state index is 0.509. The first-order valence-corrected chi connectivity index (χ1v) is 8.09. The summed E-state index contributed by atoms with van der Waals surface area (Å²) in [5.41, 5.74) is 2.88. The van der Waals surface area contributed by atoms with E-state index in [1.54, 1.807) is 12.1 Å². The van der Waals surface area contributed by atoms with Crippen LogP contribution >= 0.6 is 11.6 Å². The molecule has 1 aliphatic rings. The predicted molar refractivity (Wildman–Crippen MR) is 89.1 cm³/mol. The van der Waals surface area contributed by atoms with E-state index in [0.29, 0.717) is 5.69 Å². The molecule has 0 bridgehead atoms. The van der Waals surface area contributed by atoms with Crippen molar-refractivity contribution in [3.05, 3.63) is 35.5 Å². The number of nitrogens with zero attached hydrogens (tertiary/aromatic N) is 1. The third-order valence-electron chi connectivity index (χ3n) is 3.67.